The van der Waals surface area contributed by atoms with Crippen molar-refractivity contribution in [3.8, 4) is 0 Å². The Hall–Kier alpha value is -2.57. The predicted molar refractivity (Wildman–Crippen MR) is 108 cm³/mol. The summed E-state index contributed by atoms with van der Waals surface area (Å²) < 4.78 is 0. The van der Waals surface area contributed by atoms with Gasteiger partial charge in [-0.1, -0.05) is 12.1 Å². The van der Waals surface area contributed by atoms with Crippen LogP contribution in [0.1, 0.15) is 37.1 Å². The number of aryl methyl sites for hydroxylation is 1. The van der Waals surface area contributed by atoms with Gasteiger partial charge in [-0.25, -0.2) is 9.78 Å². The zero-order valence-corrected chi connectivity index (χ0v) is 16.7. The largest absolute Gasteiger partial charge is 0.342 e. The van der Waals surface area contributed by atoms with Gasteiger partial charge >= 0.3 is 6.03 Å². The van der Waals surface area contributed by atoms with E-state index in [1.54, 1.807) is 11.9 Å². The zero-order chi connectivity index (χ0) is 19.7. The van der Waals surface area contributed by atoms with E-state index in [1.807, 2.05) is 30.0 Å². The minimum Gasteiger partial charge on any atom is -0.342 e. The fraction of sp³-hybridized carbons (Fsp3) is 0.571. The molecule has 1 unspecified atom stereocenters. The highest BCUT2D eigenvalue weighted by molar-refractivity contribution is 5.81. The van der Waals surface area contributed by atoms with Gasteiger partial charge in [-0.05, 0) is 50.2 Å². The number of hydrogen-bond donors (Lipinski definition) is 2. The number of aromatic nitrogens is 2. The van der Waals surface area contributed by atoms with Crippen molar-refractivity contribution in [3.63, 3.8) is 0 Å². The van der Waals surface area contributed by atoms with Crippen LogP contribution in [0.5, 0.6) is 0 Å². The van der Waals surface area contributed by atoms with Crippen molar-refractivity contribution < 1.29 is 9.59 Å². The number of nitrogens with zero attached hydrogens (tertiary/aromatic N) is 3. The van der Waals surface area contributed by atoms with Crippen LogP contribution in [-0.2, 0) is 11.3 Å². The molecule has 1 aliphatic carbocycles. The Kier molecular flexibility index (Phi) is 5.24. The molecular formula is C21H29N5O2. The molecule has 3 amide bonds. The number of para-hydroxylation sites is 1. The highest BCUT2D eigenvalue weighted by atomic mass is 16.2. The van der Waals surface area contributed by atoms with Crippen LogP contribution in [0.2, 0.25) is 0 Å². The van der Waals surface area contributed by atoms with Crippen LogP contribution >= 0.6 is 0 Å². The Morgan fingerprint density at radius 3 is 2.89 bits per heavy atom. The number of likely N-dealkylation sites (tertiary alicyclic amines) is 1. The molecule has 2 N–H and O–H groups in total. The Morgan fingerprint density at radius 2 is 2.14 bits per heavy atom. The molecule has 1 aromatic carbocycles. The maximum atomic E-state index is 12.5. The molecule has 28 heavy (non-hydrogen) atoms. The zero-order valence-electron chi connectivity index (χ0n) is 16.7. The summed E-state index contributed by atoms with van der Waals surface area (Å²) >= 11 is 0. The minimum atomic E-state index is -0.108. The van der Waals surface area contributed by atoms with E-state index in [1.165, 1.54) is 0 Å². The van der Waals surface area contributed by atoms with Gasteiger partial charge in [0.05, 0.1) is 17.6 Å². The van der Waals surface area contributed by atoms with E-state index < -0.39 is 0 Å². The Labute approximate surface area is 165 Å². The molecule has 1 saturated heterocycles. The third kappa shape index (κ3) is 4.13. The monoisotopic (exact) mass is 383 g/mol. The van der Waals surface area contributed by atoms with E-state index in [2.05, 4.69) is 15.3 Å². The number of imidazole rings is 1. The van der Waals surface area contributed by atoms with E-state index in [0.717, 1.165) is 61.2 Å². The van der Waals surface area contributed by atoms with Crippen molar-refractivity contribution in [1.29, 1.82) is 0 Å². The van der Waals surface area contributed by atoms with Crippen LogP contribution in [0.25, 0.3) is 11.0 Å². The van der Waals surface area contributed by atoms with Gasteiger partial charge in [0.15, 0.2) is 0 Å². The fourth-order valence-corrected chi connectivity index (χ4v) is 3.98. The molecule has 2 aliphatic rings. The molecule has 0 spiro atoms. The standard InChI is InChI=1S/C21H29N5O2/c1-14-5-3-7-17-19(14)24-18(23-17)13-25(2)21(28)22-11-15-6-4-10-26(12-15)20(27)16-8-9-16/h3,5,7,15-16H,4,6,8-13H2,1-2H3,(H,22,28)(H,23,24). The first-order chi connectivity index (χ1) is 13.5. The van der Waals surface area contributed by atoms with Crippen LogP contribution in [0.15, 0.2) is 18.2 Å². The van der Waals surface area contributed by atoms with Gasteiger partial charge < -0.3 is 20.1 Å². The second kappa shape index (κ2) is 7.81. The molecule has 1 saturated carbocycles. The molecular weight excluding hydrogens is 354 g/mol. The van der Waals surface area contributed by atoms with E-state index in [-0.39, 0.29) is 11.9 Å². The van der Waals surface area contributed by atoms with Gasteiger partial charge in [0.2, 0.25) is 5.91 Å². The number of rotatable bonds is 5. The number of hydrogen-bond acceptors (Lipinski definition) is 3. The average molecular weight is 383 g/mol. The summed E-state index contributed by atoms with van der Waals surface area (Å²) in [6.45, 7) is 4.70. The summed E-state index contributed by atoms with van der Waals surface area (Å²) in [7, 11) is 1.78. The summed E-state index contributed by atoms with van der Waals surface area (Å²) in [5, 5.41) is 3.03. The molecule has 2 heterocycles. The third-order valence-corrected chi connectivity index (χ3v) is 5.80. The molecule has 7 heteroatoms. The maximum Gasteiger partial charge on any atom is 0.317 e. The van der Waals surface area contributed by atoms with Crippen molar-refractivity contribution >= 4 is 23.0 Å². The van der Waals surface area contributed by atoms with Crippen LogP contribution in [0.4, 0.5) is 4.79 Å². The second-order valence-electron chi connectivity index (χ2n) is 8.26. The first-order valence-corrected chi connectivity index (χ1v) is 10.2. The van der Waals surface area contributed by atoms with Crippen LogP contribution < -0.4 is 5.32 Å². The summed E-state index contributed by atoms with van der Waals surface area (Å²) in [4.78, 5) is 36.3. The molecule has 1 aliphatic heterocycles. The Morgan fingerprint density at radius 1 is 1.32 bits per heavy atom. The van der Waals surface area contributed by atoms with Crippen LogP contribution in [0, 0.1) is 18.8 Å². The smallest absolute Gasteiger partial charge is 0.317 e. The van der Waals surface area contributed by atoms with Gasteiger partial charge in [-0.15, -0.1) is 0 Å². The quantitative estimate of drug-likeness (QED) is 0.833. The lowest BCUT2D eigenvalue weighted by molar-refractivity contribution is -0.134. The van der Waals surface area contributed by atoms with Crippen LogP contribution in [0.3, 0.4) is 0 Å². The van der Waals surface area contributed by atoms with Gasteiger partial charge in [0, 0.05) is 32.6 Å². The first-order valence-electron chi connectivity index (χ1n) is 10.2. The van der Waals surface area contributed by atoms with Crippen molar-refractivity contribution in [2.75, 3.05) is 26.7 Å². The van der Waals surface area contributed by atoms with E-state index in [4.69, 9.17) is 0 Å². The molecule has 7 nitrogen and oxygen atoms in total. The molecule has 4 rings (SSSR count). The molecule has 2 aromatic rings. The molecule has 0 bridgehead atoms. The lowest BCUT2D eigenvalue weighted by Crippen LogP contribution is -2.46. The van der Waals surface area contributed by atoms with Crippen molar-refractivity contribution in [2.24, 2.45) is 11.8 Å². The highest BCUT2D eigenvalue weighted by Crippen LogP contribution is 2.32. The number of piperidine rings is 1. The SMILES string of the molecule is Cc1cccc2[nH]c(CN(C)C(=O)NCC3CCCN(C(=O)C4CC4)C3)nc12. The minimum absolute atomic E-state index is 0.108. The number of fused-ring (bicyclic) bond motifs is 1. The lowest BCUT2D eigenvalue weighted by atomic mass is 9.97. The van der Waals surface area contributed by atoms with E-state index in [0.29, 0.717) is 24.9 Å². The van der Waals surface area contributed by atoms with Crippen molar-refractivity contribution in [1.82, 2.24) is 25.1 Å². The topological polar surface area (TPSA) is 81.3 Å². The highest BCUT2D eigenvalue weighted by Gasteiger charge is 2.35. The Bertz CT molecular complexity index is 873. The van der Waals surface area contributed by atoms with Crippen LogP contribution in [-0.4, -0.2) is 58.4 Å². The number of H-pyrrole nitrogens is 1. The second-order valence-corrected chi connectivity index (χ2v) is 8.26. The third-order valence-electron chi connectivity index (χ3n) is 5.80. The van der Waals surface area contributed by atoms with Gasteiger partial charge in [-0.3, -0.25) is 4.79 Å². The average Bonchev–Trinajstić information content (AvgIpc) is 3.46. The van der Waals surface area contributed by atoms with E-state index in [9.17, 15) is 9.59 Å². The molecule has 150 valence electrons. The fourth-order valence-electron chi connectivity index (χ4n) is 3.98. The summed E-state index contributed by atoms with van der Waals surface area (Å²) in [6.07, 6.45) is 4.17. The number of aromatic amines is 1. The van der Waals surface area contributed by atoms with Crippen molar-refractivity contribution in [2.45, 2.75) is 39.2 Å². The number of benzene rings is 1. The Balaban J connectivity index is 1.28. The number of carbonyl (C=O) groups is 2. The first kappa shape index (κ1) is 18.8. The number of carbonyl (C=O) groups excluding carboxylic acids is 2. The number of amides is 3. The summed E-state index contributed by atoms with van der Waals surface area (Å²) in [6, 6.07) is 5.92. The normalized spacial score (nSPS) is 19.6. The number of nitrogens with one attached hydrogen (secondary N) is 2. The maximum absolute atomic E-state index is 12.5. The number of urea groups is 1. The predicted octanol–water partition coefficient (Wildman–Crippen LogP) is 2.66. The summed E-state index contributed by atoms with van der Waals surface area (Å²) in [5.74, 6) is 1.70. The molecule has 2 fully saturated rings. The molecule has 0 radical (unpaired) electrons. The van der Waals surface area contributed by atoms with Gasteiger partial charge in [-0.2, -0.15) is 0 Å². The molecule has 1 atom stereocenters. The summed E-state index contributed by atoms with van der Waals surface area (Å²) in [5.41, 5.74) is 3.06. The van der Waals surface area contributed by atoms with E-state index >= 15 is 0 Å². The van der Waals surface area contributed by atoms with Gasteiger partial charge in [0.25, 0.3) is 0 Å². The molecule has 1 aromatic heterocycles. The lowest BCUT2D eigenvalue weighted by Gasteiger charge is -2.33. The van der Waals surface area contributed by atoms with Gasteiger partial charge in [0.1, 0.15) is 5.82 Å². The van der Waals surface area contributed by atoms with Crippen molar-refractivity contribution in [3.05, 3.63) is 29.6 Å².